The normalized spacial score (nSPS) is 18.5. The zero-order valence-electron chi connectivity index (χ0n) is 19.2. The van der Waals surface area contributed by atoms with Crippen LogP contribution in [0.5, 0.6) is 5.75 Å². The summed E-state index contributed by atoms with van der Waals surface area (Å²) in [5, 5.41) is 3.28. The number of morpholine rings is 1. The van der Waals surface area contributed by atoms with Gasteiger partial charge in [0.1, 0.15) is 17.0 Å². The molecule has 4 heterocycles. The third kappa shape index (κ3) is 3.50. The molecule has 3 aromatic rings. The first kappa shape index (κ1) is 21.9. The Labute approximate surface area is 192 Å². The number of benzene rings is 1. The molecule has 0 saturated carbocycles. The lowest BCUT2D eigenvalue weighted by molar-refractivity contribution is 0.0691. The predicted molar refractivity (Wildman–Crippen MR) is 126 cm³/mol. The number of hydrogen-bond donors (Lipinski definition) is 1. The van der Waals surface area contributed by atoms with Crippen molar-refractivity contribution in [1.29, 1.82) is 0 Å². The molecule has 0 radical (unpaired) electrons. The minimum Gasteiger partial charge on any atom is -0.486 e. The molecule has 5 rings (SSSR count). The fourth-order valence-corrected chi connectivity index (χ4v) is 4.68. The summed E-state index contributed by atoms with van der Waals surface area (Å²) in [5.41, 5.74) is 1.96. The van der Waals surface area contributed by atoms with Crippen LogP contribution in [0.25, 0.3) is 17.0 Å². The van der Waals surface area contributed by atoms with E-state index in [2.05, 4.69) is 10.2 Å². The van der Waals surface area contributed by atoms with Gasteiger partial charge in [0.05, 0.1) is 30.3 Å². The van der Waals surface area contributed by atoms with Gasteiger partial charge in [0, 0.05) is 19.3 Å². The molecule has 0 amide bonds. The molecular weight excluding hydrogens is 444 g/mol. The maximum absolute atomic E-state index is 12.8. The van der Waals surface area contributed by atoms with Gasteiger partial charge in [-0.25, -0.2) is 23.0 Å². The second-order valence-corrected chi connectivity index (χ2v) is 11.4. The number of rotatable bonds is 5. The Hall–Kier alpha value is -2.92. The van der Waals surface area contributed by atoms with Gasteiger partial charge in [0.2, 0.25) is 11.9 Å². The van der Waals surface area contributed by atoms with Crippen molar-refractivity contribution >= 4 is 32.6 Å². The van der Waals surface area contributed by atoms with E-state index in [0.29, 0.717) is 62.1 Å². The number of fused-ring (bicyclic) bond motifs is 4. The van der Waals surface area contributed by atoms with Crippen LogP contribution in [0.1, 0.15) is 26.5 Å². The molecule has 33 heavy (non-hydrogen) atoms. The molecular formula is C22H28N6O4S. The van der Waals surface area contributed by atoms with Crippen LogP contribution in [-0.2, 0) is 19.3 Å². The molecule has 10 nitrogen and oxygen atoms in total. The highest BCUT2D eigenvalue weighted by Crippen LogP contribution is 2.43. The molecule has 0 spiro atoms. The van der Waals surface area contributed by atoms with E-state index in [9.17, 15) is 8.42 Å². The summed E-state index contributed by atoms with van der Waals surface area (Å²) in [6, 6.07) is 7.73. The van der Waals surface area contributed by atoms with Gasteiger partial charge >= 0.3 is 0 Å². The zero-order chi connectivity index (χ0) is 23.4. The molecule has 2 aliphatic heterocycles. The van der Waals surface area contributed by atoms with Gasteiger partial charge in [-0.2, -0.15) is 4.98 Å². The summed E-state index contributed by atoms with van der Waals surface area (Å²) >= 11 is 0. The topological polar surface area (TPSA) is 111 Å². The van der Waals surface area contributed by atoms with E-state index in [-0.39, 0.29) is 6.04 Å². The van der Waals surface area contributed by atoms with Crippen LogP contribution < -0.4 is 15.0 Å². The second kappa shape index (κ2) is 7.84. The molecule has 1 fully saturated rings. The molecule has 1 atom stereocenters. The highest BCUT2D eigenvalue weighted by Gasteiger charge is 2.42. The van der Waals surface area contributed by atoms with Crippen molar-refractivity contribution in [2.24, 2.45) is 0 Å². The number of nitrogens with zero attached hydrogens (tertiary/aromatic N) is 5. The van der Waals surface area contributed by atoms with Gasteiger partial charge in [-0.3, -0.25) is 0 Å². The highest BCUT2D eigenvalue weighted by molar-refractivity contribution is 7.91. The SMILES string of the molecule is CCNc1nc2ccccc2n1-c1nc2c(c(C(C)(C)S(C)(=O)=O)n1)OCC1COCCN21. The Morgan fingerprint density at radius 3 is 2.73 bits per heavy atom. The number of anilines is 2. The van der Waals surface area contributed by atoms with E-state index >= 15 is 0 Å². The van der Waals surface area contributed by atoms with Crippen LogP contribution in [0.15, 0.2) is 24.3 Å². The summed E-state index contributed by atoms with van der Waals surface area (Å²) in [6.07, 6.45) is 1.22. The molecule has 0 bridgehead atoms. The number of sulfone groups is 1. The lowest BCUT2D eigenvalue weighted by Gasteiger charge is -2.41. The summed E-state index contributed by atoms with van der Waals surface area (Å²) < 4.78 is 37.9. The molecule has 176 valence electrons. The summed E-state index contributed by atoms with van der Waals surface area (Å²) in [7, 11) is -3.52. The van der Waals surface area contributed by atoms with Crippen LogP contribution in [0.2, 0.25) is 0 Å². The van der Waals surface area contributed by atoms with E-state index < -0.39 is 14.6 Å². The molecule has 11 heteroatoms. The molecule has 1 saturated heterocycles. The number of hydrogen-bond acceptors (Lipinski definition) is 9. The number of nitrogens with one attached hydrogen (secondary N) is 1. The smallest absolute Gasteiger partial charge is 0.239 e. The Bertz CT molecular complexity index is 1320. The van der Waals surface area contributed by atoms with Crippen molar-refractivity contribution in [3.05, 3.63) is 30.0 Å². The molecule has 2 aliphatic rings. The number of para-hydroxylation sites is 2. The van der Waals surface area contributed by atoms with Crippen LogP contribution in [-0.4, -0.2) is 73.1 Å². The van der Waals surface area contributed by atoms with Crippen molar-refractivity contribution in [2.75, 3.05) is 49.4 Å². The van der Waals surface area contributed by atoms with Crippen LogP contribution in [0.4, 0.5) is 11.8 Å². The Balaban J connectivity index is 1.81. The minimum absolute atomic E-state index is 0.0102. The van der Waals surface area contributed by atoms with Gasteiger partial charge in [0.25, 0.3) is 0 Å². The number of ether oxygens (including phenoxy) is 2. The van der Waals surface area contributed by atoms with Crippen molar-refractivity contribution in [3.63, 3.8) is 0 Å². The first-order valence-corrected chi connectivity index (χ1v) is 12.9. The third-order valence-electron chi connectivity index (χ3n) is 6.35. The largest absolute Gasteiger partial charge is 0.486 e. The van der Waals surface area contributed by atoms with Gasteiger partial charge < -0.3 is 19.7 Å². The lowest BCUT2D eigenvalue weighted by Crippen LogP contribution is -2.52. The zero-order valence-corrected chi connectivity index (χ0v) is 20.0. The Kier molecular flexibility index (Phi) is 5.20. The van der Waals surface area contributed by atoms with Gasteiger partial charge in [0.15, 0.2) is 21.4 Å². The maximum atomic E-state index is 12.8. The van der Waals surface area contributed by atoms with Crippen molar-refractivity contribution < 1.29 is 17.9 Å². The van der Waals surface area contributed by atoms with Gasteiger partial charge in [-0.15, -0.1) is 0 Å². The van der Waals surface area contributed by atoms with Gasteiger partial charge in [-0.05, 0) is 32.9 Å². The average molecular weight is 473 g/mol. The van der Waals surface area contributed by atoms with Crippen molar-refractivity contribution in [3.8, 4) is 11.7 Å². The van der Waals surface area contributed by atoms with Gasteiger partial charge in [-0.1, -0.05) is 12.1 Å². The second-order valence-electron chi connectivity index (χ2n) is 8.83. The Morgan fingerprint density at radius 1 is 1.18 bits per heavy atom. The fourth-order valence-electron chi connectivity index (χ4n) is 4.19. The van der Waals surface area contributed by atoms with Crippen molar-refractivity contribution in [2.45, 2.75) is 31.6 Å². The minimum atomic E-state index is -3.52. The van der Waals surface area contributed by atoms with E-state index in [0.717, 1.165) is 11.0 Å². The first-order chi connectivity index (χ1) is 15.7. The highest BCUT2D eigenvalue weighted by atomic mass is 32.2. The summed E-state index contributed by atoms with van der Waals surface area (Å²) in [5.74, 6) is 1.95. The van der Waals surface area contributed by atoms with E-state index in [4.69, 9.17) is 24.4 Å². The quantitative estimate of drug-likeness (QED) is 0.597. The number of imidazole rings is 1. The number of aromatic nitrogens is 4. The van der Waals surface area contributed by atoms with Crippen LogP contribution >= 0.6 is 0 Å². The fraction of sp³-hybridized carbons (Fsp3) is 0.500. The van der Waals surface area contributed by atoms with Crippen molar-refractivity contribution in [1.82, 2.24) is 19.5 Å². The summed E-state index contributed by atoms with van der Waals surface area (Å²) in [6.45, 7) is 8.07. The van der Waals surface area contributed by atoms with Crippen LogP contribution in [0.3, 0.4) is 0 Å². The molecule has 1 aromatic carbocycles. The molecule has 1 N–H and O–H groups in total. The van der Waals surface area contributed by atoms with E-state index in [1.54, 1.807) is 13.8 Å². The summed E-state index contributed by atoms with van der Waals surface area (Å²) in [4.78, 5) is 16.6. The van der Waals surface area contributed by atoms with E-state index in [1.807, 2.05) is 35.8 Å². The molecule has 0 aliphatic carbocycles. The first-order valence-electron chi connectivity index (χ1n) is 11.0. The molecule has 2 aromatic heterocycles. The third-order valence-corrected chi connectivity index (χ3v) is 8.40. The Morgan fingerprint density at radius 2 is 1.97 bits per heavy atom. The maximum Gasteiger partial charge on any atom is 0.239 e. The average Bonchev–Trinajstić information content (AvgIpc) is 3.15. The lowest BCUT2D eigenvalue weighted by atomic mass is 10.1. The standard InChI is InChI=1S/C22H28N6O4S/c1-5-23-20-24-15-8-6-7-9-16(15)28(20)21-25-18(22(2,3)33(4,29)30)17-19(26-21)27-10-11-31-12-14(27)13-32-17/h6-9,14H,5,10-13H2,1-4H3,(H,23,24). The van der Waals surface area contributed by atoms with E-state index in [1.165, 1.54) is 6.26 Å². The predicted octanol–water partition coefficient (Wildman–Crippen LogP) is 2.12. The monoisotopic (exact) mass is 472 g/mol. The molecule has 1 unspecified atom stereocenters. The van der Waals surface area contributed by atoms with Crippen LogP contribution in [0, 0.1) is 0 Å².